The smallest absolute Gasteiger partial charge is 0.251 e. The molecule has 2 aromatic rings. The van der Waals surface area contributed by atoms with Gasteiger partial charge in [-0.05, 0) is 35.6 Å². The molecule has 1 amide bonds. The molecule has 0 aliphatic carbocycles. The number of hydrogen-bond donors (Lipinski definition) is 2. The summed E-state index contributed by atoms with van der Waals surface area (Å²) >= 11 is 0. The minimum absolute atomic E-state index is 0.00783. The van der Waals surface area contributed by atoms with Gasteiger partial charge in [0, 0.05) is 23.5 Å². The van der Waals surface area contributed by atoms with E-state index in [-0.39, 0.29) is 28.9 Å². The largest absolute Gasteiger partial charge is 0.348 e. The monoisotopic (exact) mass is 387 g/mol. The minimum atomic E-state index is -3.03. The van der Waals surface area contributed by atoms with E-state index >= 15 is 0 Å². The van der Waals surface area contributed by atoms with Crippen LogP contribution in [0.5, 0.6) is 0 Å². The van der Waals surface area contributed by atoms with Crippen LogP contribution in [0.25, 0.3) is 0 Å². The number of nitrogens with one attached hydrogen (secondary N) is 2. The summed E-state index contributed by atoms with van der Waals surface area (Å²) in [5.74, 6) is 0.420. The Bertz CT molecular complexity index is 949. The summed E-state index contributed by atoms with van der Waals surface area (Å²) in [7, 11) is -3.03. The van der Waals surface area contributed by atoms with Gasteiger partial charge < -0.3 is 10.6 Å². The number of carbonyl (C=O) groups excluding carboxylic acids is 1. The third kappa shape index (κ3) is 4.86. The molecule has 1 unspecified atom stereocenters. The van der Waals surface area contributed by atoms with Gasteiger partial charge >= 0.3 is 0 Å². The number of carbonyl (C=O) groups is 1. The second-order valence-electron chi connectivity index (χ2n) is 7.92. The van der Waals surface area contributed by atoms with Gasteiger partial charge in [0.2, 0.25) is 0 Å². The number of nitrogens with zero attached hydrogens (tertiary/aromatic N) is 1. The van der Waals surface area contributed by atoms with Gasteiger partial charge in [-0.1, -0.05) is 39.0 Å². The maximum atomic E-state index is 12.5. The summed E-state index contributed by atoms with van der Waals surface area (Å²) in [4.78, 5) is 16.8. The van der Waals surface area contributed by atoms with Crippen molar-refractivity contribution in [3.05, 3.63) is 53.7 Å². The molecule has 0 bridgehead atoms. The average Bonchev–Trinajstić information content (AvgIpc) is 2.93. The van der Waals surface area contributed by atoms with Crippen LogP contribution in [0.1, 0.15) is 43.1 Å². The van der Waals surface area contributed by atoms with Gasteiger partial charge in [0.15, 0.2) is 9.84 Å². The SMILES string of the molecule is CC(C)(C)c1ccccc1Nc1cc(C(=O)NC2CCS(=O)(=O)C2)ccn1. The van der Waals surface area contributed by atoms with Crippen molar-refractivity contribution < 1.29 is 13.2 Å². The highest BCUT2D eigenvalue weighted by Crippen LogP contribution is 2.30. The molecule has 1 aliphatic heterocycles. The van der Waals surface area contributed by atoms with Crippen LogP contribution in [-0.4, -0.2) is 36.9 Å². The predicted molar refractivity (Wildman–Crippen MR) is 107 cm³/mol. The van der Waals surface area contributed by atoms with Crippen LogP contribution in [0.2, 0.25) is 0 Å². The number of amides is 1. The Hall–Kier alpha value is -2.41. The van der Waals surface area contributed by atoms with Gasteiger partial charge in [0.1, 0.15) is 5.82 Å². The molecule has 27 heavy (non-hydrogen) atoms. The van der Waals surface area contributed by atoms with Crippen LogP contribution in [0.15, 0.2) is 42.6 Å². The van der Waals surface area contributed by atoms with Crippen molar-refractivity contribution >= 4 is 27.2 Å². The van der Waals surface area contributed by atoms with Crippen LogP contribution in [-0.2, 0) is 15.3 Å². The van der Waals surface area contributed by atoms with Crippen LogP contribution in [0.3, 0.4) is 0 Å². The normalized spacial score (nSPS) is 18.9. The van der Waals surface area contributed by atoms with E-state index in [1.54, 1.807) is 18.3 Å². The van der Waals surface area contributed by atoms with Gasteiger partial charge in [0.25, 0.3) is 5.91 Å². The number of aromatic nitrogens is 1. The van der Waals surface area contributed by atoms with Gasteiger partial charge in [-0.15, -0.1) is 0 Å². The van der Waals surface area contributed by atoms with Gasteiger partial charge in [0.05, 0.1) is 11.5 Å². The van der Waals surface area contributed by atoms with Crippen molar-refractivity contribution in [1.82, 2.24) is 10.3 Å². The average molecular weight is 388 g/mol. The van der Waals surface area contributed by atoms with Crippen molar-refractivity contribution in [2.24, 2.45) is 0 Å². The molecule has 0 saturated carbocycles. The molecule has 1 atom stereocenters. The highest BCUT2D eigenvalue weighted by molar-refractivity contribution is 7.91. The number of para-hydroxylation sites is 1. The molecule has 1 saturated heterocycles. The fourth-order valence-electron chi connectivity index (χ4n) is 3.20. The number of pyridine rings is 1. The van der Waals surface area contributed by atoms with E-state index in [2.05, 4.69) is 42.5 Å². The Morgan fingerprint density at radius 2 is 1.93 bits per heavy atom. The van der Waals surface area contributed by atoms with Crippen molar-refractivity contribution in [2.45, 2.75) is 38.6 Å². The molecular formula is C20H25N3O3S. The van der Waals surface area contributed by atoms with Crippen LogP contribution < -0.4 is 10.6 Å². The summed E-state index contributed by atoms with van der Waals surface area (Å²) in [6.07, 6.45) is 2.03. The molecule has 6 nitrogen and oxygen atoms in total. The van der Waals surface area contributed by atoms with E-state index in [9.17, 15) is 13.2 Å². The first-order valence-corrected chi connectivity index (χ1v) is 10.8. The summed E-state index contributed by atoms with van der Waals surface area (Å²) in [6.45, 7) is 6.42. The Labute approximate surface area is 160 Å². The molecule has 2 N–H and O–H groups in total. The molecule has 3 rings (SSSR count). The van der Waals surface area contributed by atoms with E-state index in [4.69, 9.17) is 0 Å². The summed E-state index contributed by atoms with van der Waals surface area (Å²) in [5, 5.41) is 6.10. The van der Waals surface area contributed by atoms with Crippen molar-refractivity contribution in [3.8, 4) is 0 Å². The van der Waals surface area contributed by atoms with E-state index in [1.807, 2.05) is 18.2 Å². The molecular weight excluding hydrogens is 362 g/mol. The number of rotatable bonds is 4. The molecule has 1 aromatic carbocycles. The van der Waals surface area contributed by atoms with E-state index in [0.717, 1.165) is 11.3 Å². The van der Waals surface area contributed by atoms with Crippen molar-refractivity contribution in [3.63, 3.8) is 0 Å². The maximum Gasteiger partial charge on any atom is 0.251 e. The predicted octanol–water partition coefficient (Wildman–Crippen LogP) is 3.04. The number of anilines is 2. The molecule has 144 valence electrons. The third-order valence-corrected chi connectivity index (χ3v) is 6.36. The zero-order valence-electron chi connectivity index (χ0n) is 15.8. The summed E-state index contributed by atoms with van der Waals surface area (Å²) < 4.78 is 23.1. The highest BCUT2D eigenvalue weighted by atomic mass is 32.2. The Balaban J connectivity index is 1.76. The second-order valence-corrected chi connectivity index (χ2v) is 10.2. The van der Waals surface area contributed by atoms with Crippen molar-refractivity contribution in [1.29, 1.82) is 0 Å². The standard InChI is InChI=1S/C20H25N3O3S/c1-20(2,3)16-6-4-5-7-17(16)23-18-12-14(8-10-21-18)19(24)22-15-9-11-27(25,26)13-15/h4-8,10,12,15H,9,11,13H2,1-3H3,(H,21,23)(H,22,24). The van der Waals surface area contributed by atoms with Gasteiger partial charge in [-0.3, -0.25) is 4.79 Å². The van der Waals surface area contributed by atoms with Crippen molar-refractivity contribution in [2.75, 3.05) is 16.8 Å². The molecule has 0 radical (unpaired) electrons. The number of benzene rings is 1. The summed E-state index contributed by atoms with van der Waals surface area (Å²) in [5.41, 5.74) is 2.51. The first-order valence-electron chi connectivity index (χ1n) is 8.98. The number of sulfone groups is 1. The molecule has 1 aliphatic rings. The van der Waals surface area contributed by atoms with Crippen LogP contribution in [0.4, 0.5) is 11.5 Å². The Kier molecular flexibility index (Phi) is 5.24. The molecule has 7 heteroatoms. The quantitative estimate of drug-likeness (QED) is 0.842. The van der Waals surface area contributed by atoms with E-state index in [0.29, 0.717) is 17.8 Å². The van der Waals surface area contributed by atoms with E-state index < -0.39 is 9.84 Å². The van der Waals surface area contributed by atoms with Crippen LogP contribution >= 0.6 is 0 Å². The Morgan fingerprint density at radius 1 is 1.19 bits per heavy atom. The lowest BCUT2D eigenvalue weighted by Crippen LogP contribution is -2.35. The topological polar surface area (TPSA) is 88.2 Å². The second kappa shape index (κ2) is 7.31. The zero-order valence-corrected chi connectivity index (χ0v) is 16.6. The molecule has 1 aromatic heterocycles. The molecule has 2 heterocycles. The third-order valence-electron chi connectivity index (χ3n) is 4.59. The fourth-order valence-corrected chi connectivity index (χ4v) is 4.88. The molecule has 0 spiro atoms. The zero-order chi connectivity index (χ0) is 19.7. The van der Waals surface area contributed by atoms with E-state index in [1.165, 1.54) is 0 Å². The fraction of sp³-hybridized carbons (Fsp3) is 0.400. The summed E-state index contributed by atoms with van der Waals surface area (Å²) in [6, 6.07) is 11.0. The first kappa shape index (κ1) is 19.4. The number of hydrogen-bond acceptors (Lipinski definition) is 5. The lowest BCUT2D eigenvalue weighted by Gasteiger charge is -2.23. The maximum absolute atomic E-state index is 12.5. The lowest BCUT2D eigenvalue weighted by atomic mass is 9.86. The van der Waals surface area contributed by atoms with Gasteiger partial charge in [-0.25, -0.2) is 13.4 Å². The Morgan fingerprint density at radius 3 is 2.59 bits per heavy atom. The highest BCUT2D eigenvalue weighted by Gasteiger charge is 2.29. The first-order chi connectivity index (χ1) is 12.6. The van der Waals surface area contributed by atoms with Gasteiger partial charge in [-0.2, -0.15) is 0 Å². The lowest BCUT2D eigenvalue weighted by molar-refractivity contribution is 0.0941. The minimum Gasteiger partial charge on any atom is -0.348 e. The molecule has 1 fully saturated rings. The van der Waals surface area contributed by atoms with Crippen LogP contribution in [0, 0.1) is 0 Å².